The van der Waals surface area contributed by atoms with Gasteiger partial charge in [0.15, 0.2) is 0 Å². The lowest BCUT2D eigenvalue weighted by Crippen LogP contribution is -2.44. The van der Waals surface area contributed by atoms with Crippen LogP contribution in [-0.4, -0.2) is 53.0 Å². The van der Waals surface area contributed by atoms with Gasteiger partial charge in [-0.2, -0.15) is 0 Å². The van der Waals surface area contributed by atoms with Gasteiger partial charge in [-0.25, -0.2) is 0 Å². The van der Waals surface area contributed by atoms with Gasteiger partial charge in [-0.1, -0.05) is 18.2 Å². The molecule has 132 valence electrons. The van der Waals surface area contributed by atoms with Gasteiger partial charge < -0.3 is 15.4 Å². The molecule has 0 radical (unpaired) electrons. The minimum absolute atomic E-state index is 0. The molecule has 3 N–H and O–H groups in total. The molecule has 1 unspecified atom stereocenters. The van der Waals surface area contributed by atoms with Gasteiger partial charge in [0.2, 0.25) is 5.91 Å². The molecule has 1 aromatic carbocycles. The second-order valence-electron chi connectivity index (χ2n) is 5.70. The van der Waals surface area contributed by atoms with Crippen molar-refractivity contribution < 1.29 is 14.7 Å². The Morgan fingerprint density at radius 2 is 2.04 bits per heavy atom. The van der Waals surface area contributed by atoms with E-state index < -0.39 is 5.97 Å². The fourth-order valence-corrected chi connectivity index (χ4v) is 2.47. The number of aromatic nitrogens is 1. The number of benzene rings is 1. The van der Waals surface area contributed by atoms with Crippen molar-refractivity contribution in [2.45, 2.75) is 25.8 Å². The predicted molar refractivity (Wildman–Crippen MR) is 96.6 cm³/mol. The molecule has 0 fully saturated rings. The first-order valence-electron chi connectivity index (χ1n) is 7.73. The number of nitrogens with one attached hydrogen (secondary N) is 2. The van der Waals surface area contributed by atoms with Crippen LogP contribution < -0.4 is 5.32 Å². The highest BCUT2D eigenvalue weighted by molar-refractivity contribution is 5.85. The van der Waals surface area contributed by atoms with Gasteiger partial charge in [0, 0.05) is 30.2 Å². The summed E-state index contributed by atoms with van der Waals surface area (Å²) >= 11 is 0. The first-order valence-corrected chi connectivity index (χ1v) is 7.73. The molecule has 0 spiro atoms. The second kappa shape index (κ2) is 9.30. The molecule has 1 atom stereocenters. The number of carbonyl (C=O) groups excluding carboxylic acids is 1. The molecule has 24 heavy (non-hydrogen) atoms. The van der Waals surface area contributed by atoms with Crippen molar-refractivity contribution in [3.05, 3.63) is 36.0 Å². The summed E-state index contributed by atoms with van der Waals surface area (Å²) in [4.78, 5) is 27.7. The van der Waals surface area contributed by atoms with E-state index in [0.717, 1.165) is 11.9 Å². The van der Waals surface area contributed by atoms with Gasteiger partial charge in [0.1, 0.15) is 0 Å². The Hall–Kier alpha value is -2.05. The number of rotatable bonds is 8. The molecular formula is C17H24ClN3O3. The quantitative estimate of drug-likeness (QED) is 0.678. The minimum Gasteiger partial charge on any atom is -0.481 e. The maximum absolute atomic E-state index is 12.1. The van der Waals surface area contributed by atoms with Crippen molar-refractivity contribution in [1.82, 2.24) is 15.2 Å². The molecule has 0 saturated carbocycles. The summed E-state index contributed by atoms with van der Waals surface area (Å²) in [6.07, 6.45) is 2.75. The maximum Gasteiger partial charge on any atom is 0.304 e. The number of halogens is 1. The number of carbonyl (C=O) groups is 2. The van der Waals surface area contributed by atoms with Gasteiger partial charge in [-0.15, -0.1) is 12.4 Å². The number of carboxylic acids is 1. The average Bonchev–Trinajstić information content (AvgIpc) is 2.95. The van der Waals surface area contributed by atoms with Gasteiger partial charge in [0.05, 0.1) is 12.5 Å². The first kappa shape index (κ1) is 20.0. The topological polar surface area (TPSA) is 85.4 Å². The molecule has 1 heterocycles. The van der Waals surface area contributed by atoms with E-state index in [1.807, 2.05) is 24.4 Å². The SMILES string of the molecule is CC(C(=O)NCCc1c[nH]c2ccccc12)N(C)CCC(=O)O.Cl. The zero-order chi connectivity index (χ0) is 16.8. The van der Waals surface area contributed by atoms with Crippen LogP contribution in [0.4, 0.5) is 0 Å². The first-order chi connectivity index (χ1) is 11.0. The Morgan fingerprint density at radius 3 is 2.75 bits per heavy atom. The number of H-pyrrole nitrogens is 1. The van der Waals surface area contributed by atoms with Crippen molar-refractivity contribution in [1.29, 1.82) is 0 Å². The summed E-state index contributed by atoms with van der Waals surface area (Å²) in [7, 11) is 1.76. The number of aromatic amines is 1. The molecule has 0 bridgehead atoms. The normalized spacial score (nSPS) is 12.0. The summed E-state index contributed by atoms with van der Waals surface area (Å²) in [5.41, 5.74) is 2.27. The fraction of sp³-hybridized carbons (Fsp3) is 0.412. The Balaban J connectivity index is 0.00000288. The molecule has 0 saturated heterocycles. The van der Waals surface area contributed by atoms with E-state index in [1.165, 1.54) is 10.9 Å². The highest BCUT2D eigenvalue weighted by Crippen LogP contribution is 2.17. The van der Waals surface area contributed by atoms with E-state index in [9.17, 15) is 9.59 Å². The van der Waals surface area contributed by atoms with Gasteiger partial charge >= 0.3 is 5.97 Å². The van der Waals surface area contributed by atoms with E-state index in [4.69, 9.17) is 5.11 Å². The van der Waals surface area contributed by atoms with Crippen LogP contribution >= 0.6 is 12.4 Å². The van der Waals surface area contributed by atoms with Crippen LogP contribution in [0, 0.1) is 0 Å². The molecule has 0 aliphatic carbocycles. The van der Waals surface area contributed by atoms with Crippen LogP contribution in [-0.2, 0) is 16.0 Å². The van der Waals surface area contributed by atoms with E-state index in [2.05, 4.69) is 16.4 Å². The lowest BCUT2D eigenvalue weighted by atomic mass is 10.1. The van der Waals surface area contributed by atoms with Crippen molar-refractivity contribution in [3.63, 3.8) is 0 Å². The maximum atomic E-state index is 12.1. The van der Waals surface area contributed by atoms with Crippen molar-refractivity contribution >= 4 is 35.2 Å². The summed E-state index contributed by atoms with van der Waals surface area (Å²) in [5.74, 6) is -0.943. The highest BCUT2D eigenvalue weighted by Gasteiger charge is 2.18. The molecule has 1 amide bonds. The van der Waals surface area contributed by atoms with E-state index >= 15 is 0 Å². The molecular weight excluding hydrogens is 330 g/mol. The van der Waals surface area contributed by atoms with Crippen molar-refractivity contribution in [3.8, 4) is 0 Å². The zero-order valence-corrected chi connectivity index (χ0v) is 14.7. The standard InChI is InChI=1S/C17H23N3O3.ClH/c1-12(20(2)10-8-16(21)22)17(23)18-9-7-13-11-19-15-6-4-3-5-14(13)15;/h3-6,11-12,19H,7-10H2,1-2H3,(H,18,23)(H,21,22);1H. The van der Waals surface area contributed by atoms with Gasteiger partial charge in [0.25, 0.3) is 0 Å². The van der Waals surface area contributed by atoms with E-state index in [1.54, 1.807) is 18.9 Å². The van der Waals surface area contributed by atoms with Crippen LogP contribution in [0.15, 0.2) is 30.5 Å². The Morgan fingerprint density at radius 1 is 1.33 bits per heavy atom. The van der Waals surface area contributed by atoms with Crippen LogP contribution in [0.3, 0.4) is 0 Å². The number of carboxylic acid groups (broad SMARTS) is 1. The molecule has 0 aliphatic heterocycles. The number of hydrogen-bond donors (Lipinski definition) is 3. The molecule has 7 heteroatoms. The summed E-state index contributed by atoms with van der Waals surface area (Å²) < 4.78 is 0. The number of aliphatic carboxylic acids is 1. The molecule has 2 aromatic rings. The number of hydrogen-bond acceptors (Lipinski definition) is 3. The third-order valence-electron chi connectivity index (χ3n) is 4.09. The summed E-state index contributed by atoms with van der Waals surface area (Å²) in [5, 5.41) is 12.8. The van der Waals surface area contributed by atoms with Crippen molar-refractivity contribution in [2.75, 3.05) is 20.1 Å². The lowest BCUT2D eigenvalue weighted by molar-refractivity contribution is -0.138. The number of nitrogens with zero attached hydrogens (tertiary/aromatic N) is 1. The lowest BCUT2D eigenvalue weighted by Gasteiger charge is -2.23. The highest BCUT2D eigenvalue weighted by atomic mass is 35.5. The van der Waals surface area contributed by atoms with Crippen LogP contribution in [0.25, 0.3) is 10.9 Å². The number of likely N-dealkylation sites (N-methyl/N-ethyl adjacent to an activating group) is 1. The average molecular weight is 354 g/mol. The van der Waals surface area contributed by atoms with Gasteiger partial charge in [-0.3, -0.25) is 14.5 Å². The smallest absolute Gasteiger partial charge is 0.304 e. The monoisotopic (exact) mass is 353 g/mol. The second-order valence-corrected chi connectivity index (χ2v) is 5.70. The van der Waals surface area contributed by atoms with Gasteiger partial charge in [-0.05, 0) is 32.0 Å². The number of amides is 1. The summed E-state index contributed by atoms with van der Waals surface area (Å²) in [6.45, 7) is 2.69. The molecule has 6 nitrogen and oxygen atoms in total. The molecule has 0 aliphatic rings. The predicted octanol–water partition coefficient (Wildman–Crippen LogP) is 2.04. The number of fused-ring (bicyclic) bond motifs is 1. The molecule has 1 aromatic heterocycles. The van der Waals surface area contributed by atoms with Crippen LogP contribution in [0.1, 0.15) is 18.9 Å². The Kier molecular flexibility index (Phi) is 7.74. The van der Waals surface area contributed by atoms with Crippen LogP contribution in [0.5, 0.6) is 0 Å². The fourth-order valence-electron chi connectivity index (χ4n) is 2.47. The Labute approximate surface area is 147 Å². The van der Waals surface area contributed by atoms with Crippen LogP contribution in [0.2, 0.25) is 0 Å². The Bertz CT molecular complexity index is 687. The number of para-hydroxylation sites is 1. The minimum atomic E-state index is -0.858. The van der Waals surface area contributed by atoms with E-state index in [0.29, 0.717) is 13.1 Å². The third-order valence-corrected chi connectivity index (χ3v) is 4.09. The van der Waals surface area contributed by atoms with E-state index in [-0.39, 0.29) is 30.8 Å². The van der Waals surface area contributed by atoms with Crippen molar-refractivity contribution in [2.24, 2.45) is 0 Å². The molecule has 2 rings (SSSR count). The summed E-state index contributed by atoms with van der Waals surface area (Å²) in [6, 6.07) is 7.72. The largest absolute Gasteiger partial charge is 0.481 e. The zero-order valence-electron chi connectivity index (χ0n) is 13.9. The third kappa shape index (κ3) is 5.25.